The molecule has 1 heterocycles. The van der Waals surface area contributed by atoms with Gasteiger partial charge in [0.2, 0.25) is 10.0 Å². The number of nitrogens with zero attached hydrogens (tertiary/aromatic N) is 1. The zero-order valence-corrected chi connectivity index (χ0v) is 11.0. The SMILES string of the molecule is Cc1ncccc1-c1ccc(NS(C)(=O)=O)cc1. The first-order chi connectivity index (χ1) is 8.46. The Balaban J connectivity index is 2.31. The smallest absolute Gasteiger partial charge is 0.229 e. The van der Waals surface area contributed by atoms with Crippen molar-refractivity contribution in [3.63, 3.8) is 0 Å². The van der Waals surface area contributed by atoms with Crippen LogP contribution in [0.2, 0.25) is 0 Å². The van der Waals surface area contributed by atoms with Crippen molar-refractivity contribution in [1.29, 1.82) is 0 Å². The maximum atomic E-state index is 11.1. The van der Waals surface area contributed by atoms with E-state index < -0.39 is 10.0 Å². The van der Waals surface area contributed by atoms with E-state index in [4.69, 9.17) is 0 Å². The number of hydrogen-bond acceptors (Lipinski definition) is 3. The number of nitrogens with one attached hydrogen (secondary N) is 1. The summed E-state index contributed by atoms with van der Waals surface area (Å²) < 4.78 is 24.6. The second kappa shape index (κ2) is 4.78. The number of pyridine rings is 1. The molecule has 0 bridgehead atoms. The van der Waals surface area contributed by atoms with Gasteiger partial charge < -0.3 is 0 Å². The topological polar surface area (TPSA) is 59.1 Å². The molecule has 1 aromatic carbocycles. The first-order valence-electron chi connectivity index (χ1n) is 5.45. The third-order valence-corrected chi connectivity index (χ3v) is 3.11. The van der Waals surface area contributed by atoms with Crippen LogP contribution in [0.4, 0.5) is 5.69 Å². The second-order valence-corrected chi connectivity index (χ2v) is 5.84. The van der Waals surface area contributed by atoms with E-state index >= 15 is 0 Å². The summed E-state index contributed by atoms with van der Waals surface area (Å²) in [5, 5.41) is 0. The number of anilines is 1. The molecule has 0 amide bonds. The molecule has 0 unspecified atom stereocenters. The molecule has 0 fully saturated rings. The van der Waals surface area contributed by atoms with E-state index in [-0.39, 0.29) is 0 Å². The van der Waals surface area contributed by atoms with E-state index in [9.17, 15) is 8.42 Å². The van der Waals surface area contributed by atoms with Crippen LogP contribution in [0.3, 0.4) is 0 Å². The van der Waals surface area contributed by atoms with Gasteiger partial charge in [0.25, 0.3) is 0 Å². The van der Waals surface area contributed by atoms with Gasteiger partial charge in [0, 0.05) is 23.1 Å². The van der Waals surface area contributed by atoms with Crippen LogP contribution in [0.5, 0.6) is 0 Å². The second-order valence-electron chi connectivity index (χ2n) is 4.09. The highest BCUT2D eigenvalue weighted by Gasteiger charge is 2.04. The predicted molar refractivity (Wildman–Crippen MR) is 72.9 cm³/mol. The van der Waals surface area contributed by atoms with E-state index in [0.29, 0.717) is 5.69 Å². The monoisotopic (exact) mass is 262 g/mol. The summed E-state index contributed by atoms with van der Waals surface area (Å²) in [5.41, 5.74) is 3.56. The van der Waals surface area contributed by atoms with Crippen LogP contribution in [-0.4, -0.2) is 19.7 Å². The van der Waals surface area contributed by atoms with Gasteiger partial charge in [-0.15, -0.1) is 0 Å². The molecule has 0 atom stereocenters. The standard InChI is InChI=1S/C13H14N2O2S/c1-10-13(4-3-9-14-10)11-5-7-12(8-6-11)15-18(2,16)17/h3-9,15H,1-2H3. The highest BCUT2D eigenvalue weighted by atomic mass is 32.2. The van der Waals surface area contributed by atoms with E-state index in [0.717, 1.165) is 23.1 Å². The van der Waals surface area contributed by atoms with Crippen LogP contribution in [-0.2, 0) is 10.0 Å². The van der Waals surface area contributed by atoms with Crippen LogP contribution >= 0.6 is 0 Å². The lowest BCUT2D eigenvalue weighted by Gasteiger charge is -2.07. The first kappa shape index (κ1) is 12.6. The van der Waals surface area contributed by atoms with E-state index in [1.807, 2.05) is 31.2 Å². The van der Waals surface area contributed by atoms with Gasteiger partial charge >= 0.3 is 0 Å². The third-order valence-electron chi connectivity index (χ3n) is 2.51. The molecule has 0 saturated heterocycles. The lowest BCUT2D eigenvalue weighted by molar-refractivity contribution is 0.607. The molecule has 1 aromatic heterocycles. The summed E-state index contributed by atoms with van der Waals surface area (Å²) in [7, 11) is -3.23. The summed E-state index contributed by atoms with van der Waals surface area (Å²) in [6.45, 7) is 1.94. The average molecular weight is 262 g/mol. The predicted octanol–water partition coefficient (Wildman–Crippen LogP) is 2.43. The van der Waals surface area contributed by atoms with Crippen molar-refractivity contribution in [2.45, 2.75) is 6.92 Å². The Hall–Kier alpha value is -1.88. The molecule has 4 nitrogen and oxygen atoms in total. The average Bonchev–Trinajstić information content (AvgIpc) is 2.29. The first-order valence-corrected chi connectivity index (χ1v) is 7.35. The molecule has 0 spiro atoms. The Bertz CT molecular complexity index is 649. The molecule has 2 rings (SSSR count). The molecule has 0 aliphatic carbocycles. The minimum absolute atomic E-state index is 0.558. The Morgan fingerprint density at radius 3 is 2.33 bits per heavy atom. The summed E-state index contributed by atoms with van der Waals surface area (Å²) in [6, 6.07) is 11.1. The van der Waals surface area contributed by atoms with Gasteiger partial charge in [-0.3, -0.25) is 9.71 Å². The highest BCUT2D eigenvalue weighted by Crippen LogP contribution is 2.23. The van der Waals surface area contributed by atoms with E-state index in [2.05, 4.69) is 9.71 Å². The van der Waals surface area contributed by atoms with Crippen molar-refractivity contribution >= 4 is 15.7 Å². The Morgan fingerprint density at radius 2 is 1.78 bits per heavy atom. The number of sulfonamides is 1. The minimum atomic E-state index is -3.23. The van der Waals surface area contributed by atoms with Gasteiger partial charge in [0.15, 0.2) is 0 Å². The van der Waals surface area contributed by atoms with Gasteiger partial charge in [0.1, 0.15) is 0 Å². The molecule has 94 valence electrons. The number of benzene rings is 1. The summed E-state index contributed by atoms with van der Waals surface area (Å²) in [6.07, 6.45) is 2.88. The third kappa shape index (κ3) is 3.07. The van der Waals surface area contributed by atoms with Crippen molar-refractivity contribution < 1.29 is 8.42 Å². The molecule has 1 N–H and O–H groups in total. The van der Waals surface area contributed by atoms with Crippen molar-refractivity contribution in [2.24, 2.45) is 0 Å². The lowest BCUT2D eigenvalue weighted by Crippen LogP contribution is -2.09. The lowest BCUT2D eigenvalue weighted by atomic mass is 10.0. The van der Waals surface area contributed by atoms with Gasteiger partial charge in [-0.05, 0) is 30.7 Å². The fraction of sp³-hybridized carbons (Fsp3) is 0.154. The Labute approximate surface area is 107 Å². The number of aromatic nitrogens is 1. The highest BCUT2D eigenvalue weighted by molar-refractivity contribution is 7.92. The van der Waals surface area contributed by atoms with Crippen molar-refractivity contribution in [2.75, 3.05) is 11.0 Å². The number of aryl methyl sites for hydroxylation is 1. The minimum Gasteiger partial charge on any atom is -0.284 e. The van der Waals surface area contributed by atoms with Crippen LogP contribution in [0.25, 0.3) is 11.1 Å². The van der Waals surface area contributed by atoms with Gasteiger partial charge in [-0.1, -0.05) is 18.2 Å². The summed E-state index contributed by atoms with van der Waals surface area (Å²) in [4.78, 5) is 4.23. The van der Waals surface area contributed by atoms with Crippen LogP contribution in [0.1, 0.15) is 5.69 Å². The van der Waals surface area contributed by atoms with Crippen LogP contribution < -0.4 is 4.72 Å². The Morgan fingerprint density at radius 1 is 1.11 bits per heavy atom. The normalized spacial score (nSPS) is 11.2. The van der Waals surface area contributed by atoms with Crippen LogP contribution in [0.15, 0.2) is 42.6 Å². The van der Waals surface area contributed by atoms with E-state index in [1.54, 1.807) is 18.3 Å². The molecule has 5 heteroatoms. The van der Waals surface area contributed by atoms with Crippen LogP contribution in [0, 0.1) is 6.92 Å². The maximum Gasteiger partial charge on any atom is 0.229 e. The quantitative estimate of drug-likeness (QED) is 0.924. The molecule has 0 radical (unpaired) electrons. The summed E-state index contributed by atoms with van der Waals surface area (Å²) in [5.74, 6) is 0. The van der Waals surface area contributed by atoms with E-state index in [1.165, 1.54) is 0 Å². The molecule has 2 aromatic rings. The summed E-state index contributed by atoms with van der Waals surface area (Å²) >= 11 is 0. The number of hydrogen-bond donors (Lipinski definition) is 1. The fourth-order valence-electron chi connectivity index (χ4n) is 1.72. The molecular formula is C13H14N2O2S. The molecule has 0 saturated carbocycles. The van der Waals surface area contributed by atoms with Crippen molar-refractivity contribution in [3.05, 3.63) is 48.3 Å². The van der Waals surface area contributed by atoms with Crippen molar-refractivity contribution in [3.8, 4) is 11.1 Å². The molecule has 0 aliphatic rings. The van der Waals surface area contributed by atoms with Gasteiger partial charge in [0.05, 0.1) is 6.26 Å². The molecule has 18 heavy (non-hydrogen) atoms. The largest absolute Gasteiger partial charge is 0.284 e. The van der Waals surface area contributed by atoms with Gasteiger partial charge in [-0.25, -0.2) is 8.42 Å². The molecule has 0 aliphatic heterocycles. The Kier molecular flexibility index (Phi) is 3.34. The van der Waals surface area contributed by atoms with Crippen molar-refractivity contribution in [1.82, 2.24) is 4.98 Å². The fourth-order valence-corrected chi connectivity index (χ4v) is 2.29. The van der Waals surface area contributed by atoms with Gasteiger partial charge in [-0.2, -0.15) is 0 Å². The zero-order chi connectivity index (χ0) is 13.2. The molecular weight excluding hydrogens is 248 g/mol. The number of rotatable bonds is 3. The zero-order valence-electron chi connectivity index (χ0n) is 10.2. The maximum absolute atomic E-state index is 11.1.